The third kappa shape index (κ3) is 6.48. The van der Waals surface area contributed by atoms with Crippen LogP contribution >= 0.6 is 12.2 Å². The van der Waals surface area contributed by atoms with E-state index in [9.17, 15) is 4.79 Å². The summed E-state index contributed by atoms with van der Waals surface area (Å²) < 4.78 is 5.66. The molecular weight excluding hydrogens is 344 g/mol. The van der Waals surface area contributed by atoms with Crippen molar-refractivity contribution in [2.45, 2.75) is 40.0 Å². The molecule has 0 bridgehead atoms. The molecular formula is C21H26N2O2S. The molecule has 2 N–H and O–H groups in total. The predicted octanol–water partition coefficient (Wildman–Crippen LogP) is 5.00. The molecule has 2 aromatic rings. The second kappa shape index (κ2) is 9.92. The molecule has 138 valence electrons. The topological polar surface area (TPSA) is 50.4 Å². The molecule has 0 aliphatic heterocycles. The number of carbonyl (C=O) groups is 1. The lowest BCUT2D eigenvalue weighted by molar-refractivity contribution is 0.0977. The number of amides is 1. The smallest absolute Gasteiger partial charge is 0.257 e. The van der Waals surface area contributed by atoms with E-state index in [1.165, 1.54) is 6.42 Å². The Kier molecular flexibility index (Phi) is 7.60. The van der Waals surface area contributed by atoms with E-state index in [1.54, 1.807) is 24.3 Å². The molecule has 1 amide bonds. The number of benzene rings is 2. The van der Waals surface area contributed by atoms with E-state index in [4.69, 9.17) is 17.0 Å². The summed E-state index contributed by atoms with van der Waals surface area (Å²) in [5.41, 5.74) is 3.67. The van der Waals surface area contributed by atoms with Crippen LogP contribution in [0.25, 0.3) is 0 Å². The lowest BCUT2D eigenvalue weighted by Crippen LogP contribution is -2.34. The van der Waals surface area contributed by atoms with Crippen LogP contribution in [-0.4, -0.2) is 17.6 Å². The van der Waals surface area contributed by atoms with Crippen LogP contribution in [0, 0.1) is 13.8 Å². The van der Waals surface area contributed by atoms with Gasteiger partial charge in [-0.05, 0) is 80.0 Å². The summed E-state index contributed by atoms with van der Waals surface area (Å²) >= 11 is 5.24. The van der Waals surface area contributed by atoms with Crippen molar-refractivity contribution in [2.75, 3.05) is 11.9 Å². The fourth-order valence-corrected chi connectivity index (χ4v) is 2.84. The van der Waals surface area contributed by atoms with E-state index in [0.717, 1.165) is 35.4 Å². The molecule has 2 rings (SSSR count). The second-order valence-electron chi connectivity index (χ2n) is 6.36. The lowest BCUT2D eigenvalue weighted by atomic mass is 10.1. The van der Waals surface area contributed by atoms with Crippen LogP contribution < -0.4 is 15.4 Å². The van der Waals surface area contributed by atoms with Gasteiger partial charge in [-0.1, -0.05) is 25.8 Å². The van der Waals surface area contributed by atoms with E-state index >= 15 is 0 Å². The Balaban J connectivity index is 1.87. The van der Waals surface area contributed by atoms with Gasteiger partial charge in [0.2, 0.25) is 0 Å². The Morgan fingerprint density at radius 3 is 2.31 bits per heavy atom. The first-order valence-electron chi connectivity index (χ1n) is 8.91. The Hall–Kier alpha value is -2.40. The normalized spacial score (nSPS) is 10.3. The van der Waals surface area contributed by atoms with E-state index in [-0.39, 0.29) is 11.0 Å². The van der Waals surface area contributed by atoms with E-state index < -0.39 is 0 Å². The first kappa shape index (κ1) is 19.9. The van der Waals surface area contributed by atoms with Crippen LogP contribution in [0.2, 0.25) is 0 Å². The zero-order chi connectivity index (χ0) is 18.9. The number of rotatable bonds is 7. The first-order valence-corrected chi connectivity index (χ1v) is 9.32. The Morgan fingerprint density at radius 1 is 1.04 bits per heavy atom. The predicted molar refractivity (Wildman–Crippen MR) is 111 cm³/mol. The van der Waals surface area contributed by atoms with Gasteiger partial charge in [0.25, 0.3) is 5.91 Å². The Bertz CT molecular complexity index is 737. The number of aryl methyl sites for hydroxylation is 2. The van der Waals surface area contributed by atoms with Gasteiger partial charge >= 0.3 is 0 Å². The summed E-state index contributed by atoms with van der Waals surface area (Å²) in [5.74, 6) is 0.526. The molecule has 0 saturated heterocycles. The van der Waals surface area contributed by atoms with Crippen molar-refractivity contribution < 1.29 is 9.53 Å². The minimum Gasteiger partial charge on any atom is -0.494 e. The fourth-order valence-electron chi connectivity index (χ4n) is 2.63. The molecule has 5 heteroatoms. The van der Waals surface area contributed by atoms with Gasteiger partial charge in [0.15, 0.2) is 5.11 Å². The maximum absolute atomic E-state index is 12.3. The summed E-state index contributed by atoms with van der Waals surface area (Å²) in [7, 11) is 0. The van der Waals surface area contributed by atoms with Crippen LogP contribution in [0.4, 0.5) is 5.69 Å². The number of hydrogen-bond donors (Lipinski definition) is 2. The van der Waals surface area contributed by atoms with Crippen molar-refractivity contribution in [3.8, 4) is 5.75 Å². The number of anilines is 1. The first-order chi connectivity index (χ1) is 12.5. The molecule has 0 unspecified atom stereocenters. The maximum atomic E-state index is 12.3. The molecule has 0 aliphatic rings. The number of hydrogen-bond acceptors (Lipinski definition) is 3. The van der Waals surface area contributed by atoms with Crippen molar-refractivity contribution in [3.05, 3.63) is 59.2 Å². The van der Waals surface area contributed by atoms with Crippen molar-refractivity contribution in [3.63, 3.8) is 0 Å². The van der Waals surface area contributed by atoms with Gasteiger partial charge in [0.1, 0.15) is 5.75 Å². The number of carbonyl (C=O) groups excluding carboxylic acids is 1. The molecule has 0 heterocycles. The monoisotopic (exact) mass is 370 g/mol. The molecule has 0 radical (unpaired) electrons. The maximum Gasteiger partial charge on any atom is 0.257 e. The lowest BCUT2D eigenvalue weighted by Gasteiger charge is -2.11. The zero-order valence-corrected chi connectivity index (χ0v) is 16.4. The number of unbranched alkanes of at least 4 members (excludes halogenated alkanes) is 2. The number of ether oxygens (including phenoxy) is 1. The molecule has 0 aromatic heterocycles. The van der Waals surface area contributed by atoms with Crippen LogP contribution in [0.5, 0.6) is 5.75 Å². The third-order valence-corrected chi connectivity index (χ3v) is 4.04. The van der Waals surface area contributed by atoms with Gasteiger partial charge in [-0.15, -0.1) is 0 Å². The summed E-state index contributed by atoms with van der Waals surface area (Å²) in [6.07, 6.45) is 3.36. The van der Waals surface area contributed by atoms with Gasteiger partial charge in [-0.3, -0.25) is 10.1 Å². The van der Waals surface area contributed by atoms with Crippen LogP contribution in [0.1, 0.15) is 47.7 Å². The molecule has 0 fully saturated rings. The molecule has 0 atom stereocenters. The van der Waals surface area contributed by atoms with Crippen molar-refractivity contribution in [1.29, 1.82) is 0 Å². The molecule has 4 nitrogen and oxygen atoms in total. The SMILES string of the molecule is CCCCCOc1ccc(C(=O)NC(=S)Nc2cc(C)cc(C)c2)cc1. The highest BCUT2D eigenvalue weighted by Crippen LogP contribution is 2.15. The van der Waals surface area contributed by atoms with Crippen molar-refractivity contribution >= 4 is 28.9 Å². The van der Waals surface area contributed by atoms with Gasteiger partial charge in [-0.25, -0.2) is 0 Å². The highest BCUT2D eigenvalue weighted by molar-refractivity contribution is 7.80. The van der Waals surface area contributed by atoms with Crippen LogP contribution in [0.3, 0.4) is 0 Å². The van der Waals surface area contributed by atoms with Gasteiger partial charge in [0, 0.05) is 11.3 Å². The van der Waals surface area contributed by atoms with Crippen molar-refractivity contribution in [1.82, 2.24) is 5.32 Å². The van der Waals surface area contributed by atoms with Gasteiger partial charge in [0.05, 0.1) is 6.61 Å². The highest BCUT2D eigenvalue weighted by Gasteiger charge is 2.08. The molecule has 0 saturated carbocycles. The molecule has 0 spiro atoms. The highest BCUT2D eigenvalue weighted by atomic mass is 32.1. The van der Waals surface area contributed by atoms with Crippen LogP contribution in [0.15, 0.2) is 42.5 Å². The minimum absolute atomic E-state index is 0.246. The van der Waals surface area contributed by atoms with Gasteiger partial charge in [-0.2, -0.15) is 0 Å². The molecule has 2 aromatic carbocycles. The standard InChI is InChI=1S/C21H26N2O2S/c1-4-5-6-11-25-19-9-7-17(8-10-19)20(24)23-21(26)22-18-13-15(2)12-16(3)14-18/h7-10,12-14H,4-6,11H2,1-3H3,(H2,22,23,24,26). The minimum atomic E-state index is -0.246. The van der Waals surface area contributed by atoms with Gasteiger partial charge < -0.3 is 10.1 Å². The third-order valence-electron chi connectivity index (χ3n) is 3.84. The summed E-state index contributed by atoms with van der Waals surface area (Å²) in [5, 5.41) is 6.03. The number of nitrogens with one attached hydrogen (secondary N) is 2. The Labute approximate surface area is 161 Å². The summed E-state index contributed by atoms with van der Waals surface area (Å²) in [4.78, 5) is 12.3. The number of thiocarbonyl (C=S) groups is 1. The zero-order valence-electron chi connectivity index (χ0n) is 15.6. The average molecular weight is 371 g/mol. The summed E-state index contributed by atoms with van der Waals surface area (Å²) in [6, 6.07) is 13.1. The second-order valence-corrected chi connectivity index (χ2v) is 6.77. The van der Waals surface area contributed by atoms with Crippen LogP contribution in [-0.2, 0) is 0 Å². The quantitative estimate of drug-likeness (QED) is 0.532. The van der Waals surface area contributed by atoms with E-state index in [0.29, 0.717) is 12.2 Å². The molecule has 0 aliphatic carbocycles. The summed E-state index contributed by atoms with van der Waals surface area (Å²) in [6.45, 7) is 6.90. The largest absolute Gasteiger partial charge is 0.494 e. The van der Waals surface area contributed by atoms with E-state index in [2.05, 4.69) is 23.6 Å². The van der Waals surface area contributed by atoms with Crippen molar-refractivity contribution in [2.24, 2.45) is 0 Å². The average Bonchev–Trinajstić information content (AvgIpc) is 2.58. The Morgan fingerprint density at radius 2 is 1.69 bits per heavy atom. The fraction of sp³-hybridized carbons (Fsp3) is 0.333. The van der Waals surface area contributed by atoms with E-state index in [1.807, 2.05) is 26.0 Å². The molecule has 26 heavy (non-hydrogen) atoms.